The SMILES string of the molecule is CC(C)CC(c1cccc(C(C)CC[N+]23CCN(CC2)CC3)c1)C(C)C. The molecule has 3 aliphatic rings. The van der Waals surface area contributed by atoms with Crippen LogP contribution in [-0.2, 0) is 0 Å². The number of rotatable bonds is 8. The minimum Gasteiger partial charge on any atom is -0.320 e. The fourth-order valence-corrected chi connectivity index (χ4v) is 5.10. The van der Waals surface area contributed by atoms with Crippen LogP contribution in [0.15, 0.2) is 24.3 Å². The summed E-state index contributed by atoms with van der Waals surface area (Å²) in [5.41, 5.74) is 3.13. The third kappa shape index (κ3) is 4.70. The van der Waals surface area contributed by atoms with Crippen molar-refractivity contribution in [2.45, 2.75) is 59.3 Å². The van der Waals surface area contributed by atoms with Gasteiger partial charge in [0.15, 0.2) is 0 Å². The molecule has 3 aliphatic heterocycles. The molecule has 3 fully saturated rings. The monoisotopic (exact) mass is 357 g/mol. The first-order chi connectivity index (χ1) is 12.4. The highest BCUT2D eigenvalue weighted by atomic mass is 15.4. The van der Waals surface area contributed by atoms with Crippen LogP contribution in [-0.4, -0.2) is 55.2 Å². The Morgan fingerprint density at radius 1 is 0.923 bits per heavy atom. The van der Waals surface area contributed by atoms with E-state index >= 15 is 0 Å². The summed E-state index contributed by atoms with van der Waals surface area (Å²) in [6.07, 6.45) is 2.63. The summed E-state index contributed by atoms with van der Waals surface area (Å²) in [7, 11) is 0. The minimum absolute atomic E-state index is 0.675. The highest BCUT2D eigenvalue weighted by molar-refractivity contribution is 5.29. The topological polar surface area (TPSA) is 3.24 Å². The zero-order valence-corrected chi connectivity index (χ0v) is 17.9. The minimum atomic E-state index is 0.675. The van der Waals surface area contributed by atoms with E-state index < -0.39 is 0 Å². The second-order valence-corrected chi connectivity index (χ2v) is 9.92. The van der Waals surface area contributed by atoms with Crippen LogP contribution in [0.3, 0.4) is 0 Å². The summed E-state index contributed by atoms with van der Waals surface area (Å²) in [6.45, 7) is 21.4. The number of hydrogen-bond donors (Lipinski definition) is 0. The van der Waals surface area contributed by atoms with Crippen LogP contribution in [0, 0.1) is 11.8 Å². The lowest BCUT2D eigenvalue weighted by molar-refractivity contribution is -0.941. The van der Waals surface area contributed by atoms with E-state index in [1.54, 1.807) is 11.1 Å². The number of nitrogens with zero attached hydrogens (tertiary/aromatic N) is 2. The molecule has 26 heavy (non-hydrogen) atoms. The molecule has 2 unspecified atom stereocenters. The summed E-state index contributed by atoms with van der Waals surface area (Å²) in [4.78, 5) is 2.65. The maximum absolute atomic E-state index is 2.65. The number of fused-ring (bicyclic) bond motifs is 3. The van der Waals surface area contributed by atoms with Gasteiger partial charge in [0.2, 0.25) is 0 Å². The molecule has 0 radical (unpaired) electrons. The maximum Gasteiger partial charge on any atom is 0.0916 e. The molecule has 4 rings (SSSR count). The Morgan fingerprint density at radius 3 is 2.12 bits per heavy atom. The molecular formula is C24H41N2+. The molecule has 2 atom stereocenters. The molecule has 0 saturated carbocycles. The van der Waals surface area contributed by atoms with Crippen molar-refractivity contribution in [1.29, 1.82) is 0 Å². The second-order valence-electron chi connectivity index (χ2n) is 9.92. The number of piperazine rings is 3. The van der Waals surface area contributed by atoms with Gasteiger partial charge in [-0.25, -0.2) is 0 Å². The highest BCUT2D eigenvalue weighted by Crippen LogP contribution is 2.33. The van der Waals surface area contributed by atoms with Gasteiger partial charge in [-0.15, -0.1) is 0 Å². The van der Waals surface area contributed by atoms with E-state index in [0.29, 0.717) is 17.8 Å². The number of benzene rings is 1. The molecule has 1 aromatic rings. The van der Waals surface area contributed by atoms with E-state index in [9.17, 15) is 0 Å². The van der Waals surface area contributed by atoms with Crippen molar-refractivity contribution in [1.82, 2.24) is 4.90 Å². The Labute approximate surface area is 162 Å². The summed E-state index contributed by atoms with van der Waals surface area (Å²) in [5, 5.41) is 0. The van der Waals surface area contributed by atoms with Crippen molar-refractivity contribution in [3.05, 3.63) is 35.4 Å². The third-order valence-corrected chi connectivity index (χ3v) is 7.15. The van der Waals surface area contributed by atoms with Crippen molar-refractivity contribution in [2.24, 2.45) is 11.8 Å². The van der Waals surface area contributed by atoms with Gasteiger partial charge in [-0.3, -0.25) is 4.90 Å². The van der Waals surface area contributed by atoms with Gasteiger partial charge in [0.05, 0.1) is 26.2 Å². The fraction of sp³-hybridized carbons (Fsp3) is 0.750. The second kappa shape index (κ2) is 8.44. The molecule has 1 aromatic carbocycles. The van der Waals surface area contributed by atoms with Crippen molar-refractivity contribution in [3.63, 3.8) is 0 Å². The maximum atomic E-state index is 2.65. The van der Waals surface area contributed by atoms with E-state index in [0.717, 1.165) is 5.92 Å². The average Bonchev–Trinajstić information content (AvgIpc) is 2.65. The van der Waals surface area contributed by atoms with Crippen LogP contribution >= 0.6 is 0 Å². The quantitative estimate of drug-likeness (QED) is 0.584. The standard InChI is InChI=1S/C24H41N2/c1-19(2)17-24(20(3)4)23-8-6-7-22(18-23)21(5)9-13-26-14-10-25(11-15-26)12-16-26/h6-8,18-21,24H,9-17H2,1-5H3/q+1. The molecule has 0 amide bonds. The van der Waals surface area contributed by atoms with Gasteiger partial charge < -0.3 is 4.48 Å². The molecule has 0 aliphatic carbocycles. The molecule has 0 aromatic heterocycles. The van der Waals surface area contributed by atoms with Gasteiger partial charge in [-0.2, -0.15) is 0 Å². The average molecular weight is 358 g/mol. The molecule has 146 valence electrons. The first-order valence-electron chi connectivity index (χ1n) is 11.1. The van der Waals surface area contributed by atoms with Gasteiger partial charge in [0, 0.05) is 26.1 Å². The van der Waals surface area contributed by atoms with Crippen LogP contribution in [0.1, 0.15) is 70.4 Å². The number of hydrogen-bond acceptors (Lipinski definition) is 1. The Kier molecular flexibility index (Phi) is 6.45. The molecule has 2 heteroatoms. The van der Waals surface area contributed by atoms with Crippen molar-refractivity contribution in [2.75, 3.05) is 45.8 Å². The Balaban J connectivity index is 1.64. The van der Waals surface area contributed by atoms with Gasteiger partial charge in [-0.05, 0) is 41.2 Å². The van der Waals surface area contributed by atoms with E-state index in [-0.39, 0.29) is 0 Å². The zero-order valence-electron chi connectivity index (χ0n) is 17.9. The first-order valence-corrected chi connectivity index (χ1v) is 11.1. The molecule has 2 nitrogen and oxygen atoms in total. The largest absolute Gasteiger partial charge is 0.320 e. The van der Waals surface area contributed by atoms with Gasteiger partial charge in [0.1, 0.15) is 0 Å². The summed E-state index contributed by atoms with van der Waals surface area (Å²) in [6, 6.07) is 9.58. The van der Waals surface area contributed by atoms with Gasteiger partial charge >= 0.3 is 0 Å². The highest BCUT2D eigenvalue weighted by Gasteiger charge is 2.38. The first kappa shape index (κ1) is 19.9. The summed E-state index contributed by atoms with van der Waals surface area (Å²) < 4.78 is 1.39. The van der Waals surface area contributed by atoms with Crippen LogP contribution in [0.4, 0.5) is 0 Å². The zero-order chi connectivity index (χ0) is 18.7. The third-order valence-electron chi connectivity index (χ3n) is 7.15. The molecule has 3 heterocycles. The van der Waals surface area contributed by atoms with E-state index in [1.165, 1.54) is 63.1 Å². The van der Waals surface area contributed by atoms with Gasteiger partial charge in [-0.1, -0.05) is 58.9 Å². The molecular weight excluding hydrogens is 316 g/mol. The van der Waals surface area contributed by atoms with Crippen molar-refractivity contribution in [3.8, 4) is 0 Å². The summed E-state index contributed by atoms with van der Waals surface area (Å²) in [5.74, 6) is 2.84. The van der Waals surface area contributed by atoms with E-state index in [2.05, 4.69) is 63.8 Å². The lowest BCUT2D eigenvalue weighted by Gasteiger charge is -2.51. The van der Waals surface area contributed by atoms with Crippen LogP contribution < -0.4 is 0 Å². The molecule has 3 saturated heterocycles. The van der Waals surface area contributed by atoms with Crippen molar-refractivity contribution >= 4 is 0 Å². The Hall–Kier alpha value is -0.860. The lowest BCUT2D eigenvalue weighted by atomic mass is 9.81. The smallest absolute Gasteiger partial charge is 0.0916 e. The molecule has 0 N–H and O–H groups in total. The predicted octanol–water partition coefficient (Wildman–Crippen LogP) is 5.11. The van der Waals surface area contributed by atoms with Crippen LogP contribution in [0.2, 0.25) is 0 Å². The molecule has 0 spiro atoms. The summed E-state index contributed by atoms with van der Waals surface area (Å²) >= 11 is 0. The predicted molar refractivity (Wildman–Crippen MR) is 113 cm³/mol. The van der Waals surface area contributed by atoms with Crippen LogP contribution in [0.5, 0.6) is 0 Å². The number of quaternary nitrogens is 1. The van der Waals surface area contributed by atoms with E-state index in [1.807, 2.05) is 0 Å². The van der Waals surface area contributed by atoms with Crippen molar-refractivity contribution < 1.29 is 4.48 Å². The molecule has 2 bridgehead atoms. The Bertz CT molecular complexity index is 556. The van der Waals surface area contributed by atoms with Gasteiger partial charge in [0.25, 0.3) is 0 Å². The van der Waals surface area contributed by atoms with Crippen LogP contribution in [0.25, 0.3) is 0 Å². The van der Waals surface area contributed by atoms with E-state index in [4.69, 9.17) is 0 Å². The Morgan fingerprint density at radius 2 is 1.54 bits per heavy atom. The normalized spacial score (nSPS) is 27.9. The lowest BCUT2D eigenvalue weighted by Crippen LogP contribution is -2.67. The fourth-order valence-electron chi connectivity index (χ4n) is 5.10.